The van der Waals surface area contributed by atoms with E-state index in [1.54, 1.807) is 19.9 Å². The molecule has 0 fully saturated rings. The summed E-state index contributed by atoms with van der Waals surface area (Å²) < 4.78 is 6.15. The Labute approximate surface area is 107 Å². The van der Waals surface area contributed by atoms with Crippen molar-refractivity contribution in [3.8, 4) is 0 Å². The van der Waals surface area contributed by atoms with E-state index in [1.807, 2.05) is 0 Å². The number of ether oxygens (including phenoxy) is 1. The van der Waals surface area contributed by atoms with Gasteiger partial charge in [0.2, 0.25) is 4.96 Å². The highest BCUT2D eigenvalue weighted by atomic mass is 32.1. The third-order valence-electron chi connectivity index (χ3n) is 2.06. The fraction of sp³-hybridized carbons (Fsp3) is 0.273. The Kier molecular flexibility index (Phi) is 3.52. The Hall–Kier alpha value is -2.02. The van der Waals surface area contributed by atoms with Gasteiger partial charge in [-0.3, -0.25) is 4.79 Å². The summed E-state index contributed by atoms with van der Waals surface area (Å²) in [6.07, 6.45) is 2.91. The van der Waals surface area contributed by atoms with Crippen molar-refractivity contribution in [1.82, 2.24) is 14.6 Å². The summed E-state index contributed by atoms with van der Waals surface area (Å²) in [5.41, 5.74) is 0.404. The second-order valence-corrected chi connectivity index (χ2v) is 4.57. The molecule has 94 valence electrons. The molecule has 2 aromatic heterocycles. The molecule has 0 radical (unpaired) electrons. The summed E-state index contributed by atoms with van der Waals surface area (Å²) in [7, 11) is 0. The average Bonchev–Trinajstić information content (AvgIpc) is 2.70. The number of hydrogen-bond donors (Lipinski definition) is 0. The largest absolute Gasteiger partial charge is 0.455 e. The Morgan fingerprint density at radius 2 is 2.39 bits per heavy atom. The highest BCUT2D eigenvalue weighted by Crippen LogP contribution is 2.12. The zero-order chi connectivity index (χ0) is 13.1. The number of fused-ring (bicyclic) bond motifs is 1. The maximum absolute atomic E-state index is 11.6. The Morgan fingerprint density at radius 1 is 1.61 bits per heavy atom. The van der Waals surface area contributed by atoms with Crippen LogP contribution in [-0.4, -0.2) is 20.6 Å². The zero-order valence-corrected chi connectivity index (χ0v) is 10.7. The summed E-state index contributed by atoms with van der Waals surface area (Å²) in [6.45, 7) is 3.51. The van der Waals surface area contributed by atoms with Crippen molar-refractivity contribution < 1.29 is 9.53 Å². The lowest BCUT2D eigenvalue weighted by Crippen LogP contribution is -2.14. The molecule has 0 unspecified atom stereocenters. The second kappa shape index (κ2) is 5.09. The van der Waals surface area contributed by atoms with Gasteiger partial charge in [-0.25, -0.2) is 9.78 Å². The number of carbonyl (C=O) groups is 1. The molecule has 0 bridgehead atoms. The molecule has 18 heavy (non-hydrogen) atoms. The number of aromatic nitrogens is 3. The summed E-state index contributed by atoms with van der Waals surface area (Å²) in [5, 5.41) is 4.57. The predicted octanol–water partition coefficient (Wildman–Crippen LogP) is 1.08. The highest BCUT2D eigenvalue weighted by Gasteiger charge is 2.08. The fourth-order valence-electron chi connectivity index (χ4n) is 1.34. The maximum atomic E-state index is 11.6. The van der Waals surface area contributed by atoms with Crippen molar-refractivity contribution in [3.63, 3.8) is 0 Å². The SMILES string of the molecule is C/C=C/C(=O)OCc1nn2c(=O)cc(C)nc2s1. The fourth-order valence-corrected chi connectivity index (χ4v) is 2.19. The molecule has 0 saturated carbocycles. The smallest absolute Gasteiger partial charge is 0.330 e. The second-order valence-electron chi connectivity index (χ2n) is 3.53. The van der Waals surface area contributed by atoms with Crippen molar-refractivity contribution in [3.05, 3.63) is 39.3 Å². The number of aryl methyl sites for hydroxylation is 1. The first-order valence-corrected chi connectivity index (χ1v) is 6.07. The van der Waals surface area contributed by atoms with Crippen molar-refractivity contribution >= 4 is 22.3 Å². The number of rotatable bonds is 3. The molecule has 0 amide bonds. The normalized spacial score (nSPS) is 11.2. The van der Waals surface area contributed by atoms with Crippen LogP contribution >= 0.6 is 11.3 Å². The number of allylic oxidation sites excluding steroid dienone is 1. The van der Waals surface area contributed by atoms with E-state index >= 15 is 0 Å². The Morgan fingerprint density at radius 3 is 3.11 bits per heavy atom. The molecule has 6 nitrogen and oxygen atoms in total. The number of nitrogens with zero attached hydrogens (tertiary/aromatic N) is 3. The monoisotopic (exact) mass is 265 g/mol. The Bertz CT molecular complexity index is 672. The van der Waals surface area contributed by atoms with Gasteiger partial charge in [0, 0.05) is 17.8 Å². The number of esters is 1. The summed E-state index contributed by atoms with van der Waals surface area (Å²) in [5.74, 6) is -0.437. The first-order chi connectivity index (χ1) is 8.60. The summed E-state index contributed by atoms with van der Waals surface area (Å²) in [4.78, 5) is 27.4. The lowest BCUT2D eigenvalue weighted by atomic mass is 10.5. The van der Waals surface area contributed by atoms with Crippen molar-refractivity contribution in [2.24, 2.45) is 0 Å². The van der Waals surface area contributed by atoms with E-state index < -0.39 is 5.97 Å². The third-order valence-corrected chi connectivity index (χ3v) is 2.94. The minimum atomic E-state index is -0.437. The van der Waals surface area contributed by atoms with Crippen LogP contribution in [0.15, 0.2) is 23.0 Å². The van der Waals surface area contributed by atoms with E-state index in [2.05, 4.69) is 10.1 Å². The standard InChI is InChI=1S/C11H11N3O3S/c1-3-4-10(16)17-6-8-13-14-9(15)5-7(2)12-11(14)18-8/h3-5H,6H2,1-2H3/b4-3+. The zero-order valence-electron chi connectivity index (χ0n) is 9.91. The number of carbonyl (C=O) groups excluding carboxylic acids is 1. The average molecular weight is 265 g/mol. The van der Waals surface area contributed by atoms with Crippen LogP contribution in [0.2, 0.25) is 0 Å². The van der Waals surface area contributed by atoms with Gasteiger partial charge < -0.3 is 4.74 Å². The van der Waals surface area contributed by atoms with Gasteiger partial charge in [-0.2, -0.15) is 9.61 Å². The van der Waals surface area contributed by atoms with Gasteiger partial charge in [0.05, 0.1) is 0 Å². The van der Waals surface area contributed by atoms with Gasteiger partial charge in [0.15, 0.2) is 5.01 Å². The van der Waals surface area contributed by atoms with Crippen LogP contribution in [0.25, 0.3) is 4.96 Å². The highest BCUT2D eigenvalue weighted by molar-refractivity contribution is 7.16. The molecule has 0 N–H and O–H groups in total. The molecule has 0 aliphatic carbocycles. The van der Waals surface area contributed by atoms with Crippen LogP contribution in [0.1, 0.15) is 17.6 Å². The molecule has 0 aliphatic heterocycles. The molecular formula is C11H11N3O3S. The van der Waals surface area contributed by atoms with Gasteiger partial charge in [0.25, 0.3) is 5.56 Å². The van der Waals surface area contributed by atoms with Gasteiger partial charge >= 0.3 is 5.97 Å². The first-order valence-electron chi connectivity index (χ1n) is 5.26. The minimum absolute atomic E-state index is 0.0374. The Balaban J connectivity index is 2.23. The molecule has 0 atom stereocenters. The van der Waals surface area contributed by atoms with E-state index in [1.165, 1.54) is 28.0 Å². The van der Waals surface area contributed by atoms with Crippen molar-refractivity contribution in [1.29, 1.82) is 0 Å². The maximum Gasteiger partial charge on any atom is 0.330 e. The lowest BCUT2D eigenvalue weighted by molar-refractivity contribution is -0.139. The van der Waals surface area contributed by atoms with Gasteiger partial charge in [-0.05, 0) is 13.8 Å². The quantitative estimate of drug-likeness (QED) is 0.613. The van der Waals surface area contributed by atoms with Crippen LogP contribution in [-0.2, 0) is 16.1 Å². The van der Waals surface area contributed by atoms with Crippen molar-refractivity contribution in [2.45, 2.75) is 20.5 Å². The van der Waals surface area contributed by atoms with E-state index in [0.717, 1.165) is 0 Å². The van der Waals surface area contributed by atoms with E-state index in [-0.39, 0.29) is 12.2 Å². The molecular weight excluding hydrogens is 254 g/mol. The van der Waals surface area contributed by atoms with Crippen LogP contribution in [0, 0.1) is 6.92 Å². The molecule has 2 aromatic rings. The van der Waals surface area contributed by atoms with E-state index in [4.69, 9.17) is 4.74 Å². The lowest BCUT2D eigenvalue weighted by Gasteiger charge is -1.95. The van der Waals surface area contributed by atoms with E-state index in [0.29, 0.717) is 15.7 Å². The van der Waals surface area contributed by atoms with Gasteiger partial charge in [0.1, 0.15) is 6.61 Å². The predicted molar refractivity (Wildman–Crippen MR) is 66.5 cm³/mol. The first kappa shape index (κ1) is 12.4. The van der Waals surface area contributed by atoms with Crippen LogP contribution in [0.4, 0.5) is 0 Å². The molecule has 0 aliphatic rings. The van der Waals surface area contributed by atoms with Crippen LogP contribution in [0.3, 0.4) is 0 Å². The van der Waals surface area contributed by atoms with Gasteiger partial charge in [-0.1, -0.05) is 17.4 Å². The van der Waals surface area contributed by atoms with Gasteiger partial charge in [-0.15, -0.1) is 0 Å². The van der Waals surface area contributed by atoms with Crippen molar-refractivity contribution in [2.75, 3.05) is 0 Å². The minimum Gasteiger partial charge on any atom is -0.455 e. The van der Waals surface area contributed by atoms with E-state index in [9.17, 15) is 9.59 Å². The number of hydrogen-bond acceptors (Lipinski definition) is 6. The topological polar surface area (TPSA) is 73.6 Å². The van der Waals surface area contributed by atoms with Crippen LogP contribution < -0.4 is 5.56 Å². The molecule has 0 spiro atoms. The summed E-state index contributed by atoms with van der Waals surface area (Å²) >= 11 is 1.23. The summed E-state index contributed by atoms with van der Waals surface area (Å²) in [6, 6.07) is 1.41. The molecule has 2 rings (SSSR count). The molecule has 7 heteroatoms. The molecule has 0 aromatic carbocycles. The molecule has 2 heterocycles. The third kappa shape index (κ3) is 2.62. The molecule has 0 saturated heterocycles. The van der Waals surface area contributed by atoms with Crippen LogP contribution in [0.5, 0.6) is 0 Å².